The van der Waals surface area contributed by atoms with Crippen LogP contribution in [-0.4, -0.2) is 34.8 Å². The van der Waals surface area contributed by atoms with E-state index in [4.69, 9.17) is 27.9 Å². The number of carbonyl (C=O) groups excluding carboxylic acids is 2. The molecule has 0 bridgehead atoms. The normalized spacial score (nSPS) is 10.9. The Morgan fingerprint density at radius 1 is 1.22 bits per heavy atom. The minimum atomic E-state index is -0.652. The molecule has 6 nitrogen and oxygen atoms in total. The molecule has 0 atom stereocenters. The number of benzene rings is 1. The van der Waals surface area contributed by atoms with Gasteiger partial charge in [0.1, 0.15) is 10.7 Å². The van der Waals surface area contributed by atoms with Gasteiger partial charge in [0.2, 0.25) is 0 Å². The van der Waals surface area contributed by atoms with Crippen LogP contribution in [0.4, 0.5) is 0 Å². The Morgan fingerprint density at radius 2 is 1.89 bits per heavy atom. The number of halogens is 2. The molecule has 0 aliphatic rings. The van der Waals surface area contributed by atoms with Crippen LogP contribution in [0.2, 0.25) is 10.2 Å². The first-order chi connectivity index (χ1) is 12.8. The molecule has 0 radical (unpaired) electrons. The van der Waals surface area contributed by atoms with Gasteiger partial charge in [-0.05, 0) is 37.0 Å². The molecule has 1 heterocycles. The molecular weight excluding hydrogens is 389 g/mol. The van der Waals surface area contributed by atoms with Crippen LogP contribution in [0.25, 0.3) is 0 Å². The van der Waals surface area contributed by atoms with Gasteiger partial charge < -0.3 is 10.1 Å². The van der Waals surface area contributed by atoms with Crippen LogP contribution in [-0.2, 0) is 22.5 Å². The number of esters is 1. The highest BCUT2D eigenvalue weighted by Gasteiger charge is 2.22. The molecule has 8 heteroatoms. The first-order valence-electron chi connectivity index (χ1n) is 8.69. The van der Waals surface area contributed by atoms with E-state index in [1.54, 1.807) is 23.7 Å². The molecule has 0 saturated heterocycles. The third kappa shape index (κ3) is 6.26. The minimum Gasteiger partial charge on any atom is -0.452 e. The molecule has 1 aromatic carbocycles. The summed E-state index contributed by atoms with van der Waals surface area (Å²) in [6.07, 6.45) is 0.657. The number of aromatic nitrogens is 2. The standard InChI is InChI=1S/C19H23Cl2N3O3/c1-12(2)10-24-18(21)17(13(3)23-24)19(26)27-11-16(25)22-9-8-14-4-6-15(20)7-5-14/h4-7,12H,8-11H2,1-3H3,(H,22,25). The van der Waals surface area contributed by atoms with Crippen LogP contribution in [0.1, 0.15) is 35.5 Å². The highest BCUT2D eigenvalue weighted by atomic mass is 35.5. The van der Waals surface area contributed by atoms with E-state index in [-0.39, 0.29) is 23.2 Å². The molecule has 0 aliphatic carbocycles. The van der Waals surface area contributed by atoms with Crippen molar-refractivity contribution in [1.82, 2.24) is 15.1 Å². The highest BCUT2D eigenvalue weighted by Crippen LogP contribution is 2.21. The van der Waals surface area contributed by atoms with Crippen molar-refractivity contribution in [3.63, 3.8) is 0 Å². The minimum absolute atomic E-state index is 0.200. The van der Waals surface area contributed by atoms with Gasteiger partial charge in [0.05, 0.1) is 5.69 Å². The smallest absolute Gasteiger partial charge is 0.343 e. The second-order valence-electron chi connectivity index (χ2n) is 6.63. The number of hydrogen-bond donors (Lipinski definition) is 1. The quantitative estimate of drug-likeness (QED) is 0.672. The predicted molar refractivity (Wildman–Crippen MR) is 105 cm³/mol. The summed E-state index contributed by atoms with van der Waals surface area (Å²) in [7, 11) is 0. The van der Waals surface area contributed by atoms with Crippen molar-refractivity contribution in [1.29, 1.82) is 0 Å². The topological polar surface area (TPSA) is 73.2 Å². The van der Waals surface area contributed by atoms with Crippen molar-refractivity contribution in [2.24, 2.45) is 5.92 Å². The zero-order chi connectivity index (χ0) is 20.0. The van der Waals surface area contributed by atoms with Crippen molar-refractivity contribution in [2.75, 3.05) is 13.2 Å². The molecule has 0 spiro atoms. The molecule has 2 aromatic rings. The predicted octanol–water partition coefficient (Wildman–Crippen LogP) is 3.67. The monoisotopic (exact) mass is 411 g/mol. The van der Waals surface area contributed by atoms with Gasteiger partial charge in [-0.1, -0.05) is 49.2 Å². The highest BCUT2D eigenvalue weighted by molar-refractivity contribution is 6.32. The maximum absolute atomic E-state index is 12.3. The number of aryl methyl sites for hydroxylation is 1. The number of carbonyl (C=O) groups is 2. The molecule has 0 saturated carbocycles. The lowest BCUT2D eigenvalue weighted by Gasteiger charge is -2.08. The fraction of sp³-hybridized carbons (Fsp3) is 0.421. The molecule has 1 aromatic heterocycles. The maximum atomic E-state index is 12.3. The third-order valence-corrected chi connectivity index (χ3v) is 4.43. The lowest BCUT2D eigenvalue weighted by atomic mass is 10.1. The van der Waals surface area contributed by atoms with Crippen LogP contribution in [0.3, 0.4) is 0 Å². The molecule has 1 amide bonds. The van der Waals surface area contributed by atoms with Crippen LogP contribution >= 0.6 is 23.2 Å². The Kier molecular flexibility index (Phi) is 7.68. The van der Waals surface area contributed by atoms with E-state index in [2.05, 4.69) is 10.4 Å². The Morgan fingerprint density at radius 3 is 2.52 bits per heavy atom. The van der Waals surface area contributed by atoms with E-state index < -0.39 is 5.97 Å². The second-order valence-corrected chi connectivity index (χ2v) is 7.42. The SMILES string of the molecule is Cc1nn(CC(C)C)c(Cl)c1C(=O)OCC(=O)NCCc1ccc(Cl)cc1. The van der Waals surface area contributed by atoms with E-state index in [1.165, 1.54) is 0 Å². The Bertz CT molecular complexity index is 801. The van der Waals surface area contributed by atoms with Crippen molar-refractivity contribution in [2.45, 2.75) is 33.7 Å². The Balaban J connectivity index is 1.81. The van der Waals surface area contributed by atoms with Gasteiger partial charge in [0.25, 0.3) is 5.91 Å². The van der Waals surface area contributed by atoms with Crippen LogP contribution in [0.15, 0.2) is 24.3 Å². The van der Waals surface area contributed by atoms with Gasteiger partial charge in [-0.2, -0.15) is 5.10 Å². The number of rotatable bonds is 8. The first kappa shape index (κ1) is 21.3. The summed E-state index contributed by atoms with van der Waals surface area (Å²) >= 11 is 12.1. The van der Waals surface area contributed by atoms with Gasteiger partial charge >= 0.3 is 5.97 Å². The third-order valence-electron chi connectivity index (χ3n) is 3.79. The molecular formula is C19H23Cl2N3O3. The van der Waals surface area contributed by atoms with Gasteiger partial charge in [0, 0.05) is 18.1 Å². The largest absolute Gasteiger partial charge is 0.452 e. The van der Waals surface area contributed by atoms with Gasteiger partial charge in [-0.15, -0.1) is 0 Å². The zero-order valence-electron chi connectivity index (χ0n) is 15.6. The molecule has 0 unspecified atom stereocenters. The maximum Gasteiger partial charge on any atom is 0.343 e. The number of hydrogen-bond acceptors (Lipinski definition) is 4. The fourth-order valence-corrected chi connectivity index (χ4v) is 2.95. The fourth-order valence-electron chi connectivity index (χ4n) is 2.50. The lowest BCUT2D eigenvalue weighted by Crippen LogP contribution is -2.30. The summed E-state index contributed by atoms with van der Waals surface area (Å²) < 4.78 is 6.66. The molecule has 27 heavy (non-hydrogen) atoms. The summed E-state index contributed by atoms with van der Waals surface area (Å²) in [6, 6.07) is 7.39. The van der Waals surface area contributed by atoms with Crippen LogP contribution in [0, 0.1) is 12.8 Å². The van der Waals surface area contributed by atoms with E-state index in [0.717, 1.165) is 5.56 Å². The van der Waals surface area contributed by atoms with Crippen molar-refractivity contribution < 1.29 is 14.3 Å². The van der Waals surface area contributed by atoms with Gasteiger partial charge in [-0.3, -0.25) is 9.48 Å². The molecule has 0 aliphatic heterocycles. The van der Waals surface area contributed by atoms with Crippen molar-refractivity contribution in [3.8, 4) is 0 Å². The van der Waals surface area contributed by atoms with E-state index in [0.29, 0.717) is 36.1 Å². The number of ether oxygens (including phenoxy) is 1. The van der Waals surface area contributed by atoms with Crippen LogP contribution < -0.4 is 5.32 Å². The molecule has 146 valence electrons. The number of nitrogens with zero attached hydrogens (tertiary/aromatic N) is 2. The average molecular weight is 412 g/mol. The Labute approximate surface area is 168 Å². The molecule has 0 fully saturated rings. The van der Waals surface area contributed by atoms with E-state index in [9.17, 15) is 9.59 Å². The summed E-state index contributed by atoms with van der Waals surface area (Å²) in [5.74, 6) is -0.696. The molecule has 2 rings (SSSR count). The van der Waals surface area contributed by atoms with Gasteiger partial charge in [-0.25, -0.2) is 4.79 Å². The summed E-state index contributed by atoms with van der Waals surface area (Å²) in [6.45, 7) is 6.40. The lowest BCUT2D eigenvalue weighted by molar-refractivity contribution is -0.124. The van der Waals surface area contributed by atoms with Crippen LogP contribution in [0.5, 0.6) is 0 Å². The number of nitrogens with one attached hydrogen (secondary N) is 1. The Hall–Kier alpha value is -2.05. The van der Waals surface area contributed by atoms with E-state index >= 15 is 0 Å². The average Bonchev–Trinajstić information content (AvgIpc) is 2.87. The second kappa shape index (κ2) is 9.76. The van der Waals surface area contributed by atoms with E-state index in [1.807, 2.05) is 26.0 Å². The van der Waals surface area contributed by atoms with Gasteiger partial charge in [0.15, 0.2) is 6.61 Å². The first-order valence-corrected chi connectivity index (χ1v) is 9.44. The van der Waals surface area contributed by atoms with Crippen molar-refractivity contribution in [3.05, 3.63) is 51.3 Å². The molecule has 1 N–H and O–H groups in total. The summed E-state index contributed by atoms with van der Waals surface area (Å²) in [5, 5.41) is 7.87. The summed E-state index contributed by atoms with van der Waals surface area (Å²) in [5.41, 5.74) is 1.73. The zero-order valence-corrected chi connectivity index (χ0v) is 17.1. The number of amides is 1. The summed E-state index contributed by atoms with van der Waals surface area (Å²) in [4.78, 5) is 24.1. The van der Waals surface area contributed by atoms with Crippen molar-refractivity contribution >= 4 is 35.1 Å².